The Morgan fingerprint density at radius 3 is 3.20 bits per heavy atom. The Morgan fingerprint density at radius 2 is 2.47 bits per heavy atom. The van der Waals surface area contributed by atoms with Crippen LogP contribution in [0.1, 0.15) is 23.9 Å². The minimum Gasteiger partial charge on any atom is -0.349 e. The van der Waals surface area contributed by atoms with Gasteiger partial charge in [-0.2, -0.15) is 0 Å². The van der Waals surface area contributed by atoms with Crippen LogP contribution in [-0.4, -0.2) is 41.4 Å². The first-order chi connectivity index (χ1) is 7.18. The van der Waals surface area contributed by atoms with Gasteiger partial charge >= 0.3 is 0 Å². The van der Waals surface area contributed by atoms with Gasteiger partial charge in [0.2, 0.25) is 5.91 Å². The van der Waals surface area contributed by atoms with Crippen molar-refractivity contribution >= 4 is 5.91 Å². The van der Waals surface area contributed by atoms with E-state index in [2.05, 4.69) is 15.3 Å². The first kappa shape index (κ1) is 10.2. The molecule has 5 nitrogen and oxygen atoms in total. The normalized spacial score (nSPS) is 19.7. The van der Waals surface area contributed by atoms with Crippen LogP contribution in [0.3, 0.4) is 0 Å². The Kier molecular flexibility index (Phi) is 2.73. The number of rotatable bonds is 2. The number of carbonyl (C=O) groups excluding carboxylic acids is 1. The largest absolute Gasteiger partial charge is 0.349 e. The maximum Gasteiger partial charge on any atom is 0.224 e. The monoisotopic (exact) mass is 208 g/mol. The third-order valence-electron chi connectivity index (χ3n) is 2.72. The van der Waals surface area contributed by atoms with Crippen LogP contribution in [0.15, 0.2) is 6.33 Å². The molecule has 2 heterocycles. The fourth-order valence-electron chi connectivity index (χ4n) is 1.83. The number of nitrogens with zero attached hydrogens (tertiary/aromatic N) is 2. The van der Waals surface area contributed by atoms with Crippen molar-refractivity contribution in [3.63, 3.8) is 0 Å². The van der Waals surface area contributed by atoms with Gasteiger partial charge in [-0.05, 0) is 0 Å². The van der Waals surface area contributed by atoms with Gasteiger partial charge in [0, 0.05) is 39.2 Å². The molecule has 0 bridgehead atoms. The Labute approximate surface area is 88.9 Å². The second kappa shape index (κ2) is 4.02. The van der Waals surface area contributed by atoms with Crippen LogP contribution >= 0.6 is 0 Å². The number of amides is 1. The van der Waals surface area contributed by atoms with E-state index in [9.17, 15) is 4.79 Å². The number of H-pyrrole nitrogens is 1. The lowest BCUT2D eigenvalue weighted by molar-refractivity contribution is -0.129. The molecule has 82 valence electrons. The highest BCUT2D eigenvalue weighted by atomic mass is 16.2. The SMILES string of the molecule is CN(C)C(=O)CC1NCCc2[nH]cnc21. The summed E-state index contributed by atoms with van der Waals surface area (Å²) in [6.45, 7) is 0.903. The van der Waals surface area contributed by atoms with Crippen molar-refractivity contribution in [1.29, 1.82) is 0 Å². The van der Waals surface area contributed by atoms with Crippen LogP contribution in [0.4, 0.5) is 0 Å². The van der Waals surface area contributed by atoms with Crippen molar-refractivity contribution < 1.29 is 4.79 Å². The van der Waals surface area contributed by atoms with E-state index in [1.54, 1.807) is 25.3 Å². The van der Waals surface area contributed by atoms with E-state index < -0.39 is 0 Å². The Bertz CT molecular complexity index is 358. The Morgan fingerprint density at radius 1 is 1.67 bits per heavy atom. The molecule has 1 aromatic heterocycles. The van der Waals surface area contributed by atoms with Crippen molar-refractivity contribution in [3.05, 3.63) is 17.7 Å². The molecule has 0 saturated carbocycles. The molecule has 1 atom stereocenters. The molecular formula is C10H16N4O. The lowest BCUT2D eigenvalue weighted by Gasteiger charge is -2.23. The highest BCUT2D eigenvalue weighted by molar-refractivity contribution is 5.76. The van der Waals surface area contributed by atoms with E-state index in [1.807, 2.05) is 0 Å². The van der Waals surface area contributed by atoms with Crippen molar-refractivity contribution in [2.45, 2.75) is 18.9 Å². The van der Waals surface area contributed by atoms with E-state index in [0.717, 1.165) is 24.4 Å². The lowest BCUT2D eigenvalue weighted by Crippen LogP contribution is -2.34. The summed E-state index contributed by atoms with van der Waals surface area (Å²) in [7, 11) is 3.55. The quantitative estimate of drug-likeness (QED) is 0.723. The van der Waals surface area contributed by atoms with Crippen LogP contribution in [0, 0.1) is 0 Å². The van der Waals surface area contributed by atoms with Gasteiger partial charge in [0.25, 0.3) is 0 Å². The van der Waals surface area contributed by atoms with Crippen LogP contribution in [0.5, 0.6) is 0 Å². The summed E-state index contributed by atoms with van der Waals surface area (Å²) < 4.78 is 0. The second-order valence-corrected chi connectivity index (χ2v) is 4.02. The van der Waals surface area contributed by atoms with Gasteiger partial charge in [-0.3, -0.25) is 4.79 Å². The van der Waals surface area contributed by atoms with Crippen molar-refractivity contribution in [1.82, 2.24) is 20.2 Å². The van der Waals surface area contributed by atoms with Crippen molar-refractivity contribution in [2.24, 2.45) is 0 Å². The number of aromatic nitrogens is 2. The molecule has 2 N–H and O–H groups in total. The van der Waals surface area contributed by atoms with Gasteiger partial charge < -0.3 is 15.2 Å². The Balaban J connectivity index is 2.10. The minimum atomic E-state index is 0.0647. The van der Waals surface area contributed by atoms with Crippen molar-refractivity contribution in [3.8, 4) is 0 Å². The highest BCUT2D eigenvalue weighted by Gasteiger charge is 2.24. The van der Waals surface area contributed by atoms with Gasteiger partial charge in [0.1, 0.15) is 0 Å². The molecule has 1 unspecified atom stereocenters. The van der Waals surface area contributed by atoms with E-state index in [-0.39, 0.29) is 11.9 Å². The minimum absolute atomic E-state index is 0.0647. The molecule has 15 heavy (non-hydrogen) atoms. The second-order valence-electron chi connectivity index (χ2n) is 4.02. The third-order valence-corrected chi connectivity index (χ3v) is 2.72. The van der Waals surface area contributed by atoms with Crippen molar-refractivity contribution in [2.75, 3.05) is 20.6 Å². The average molecular weight is 208 g/mol. The molecule has 0 aromatic carbocycles. The fraction of sp³-hybridized carbons (Fsp3) is 0.600. The molecule has 1 aromatic rings. The van der Waals surface area contributed by atoms with Gasteiger partial charge in [0.15, 0.2) is 0 Å². The first-order valence-corrected chi connectivity index (χ1v) is 5.14. The summed E-state index contributed by atoms with van der Waals surface area (Å²) in [4.78, 5) is 20.6. The summed E-state index contributed by atoms with van der Waals surface area (Å²) >= 11 is 0. The number of hydrogen-bond acceptors (Lipinski definition) is 3. The molecule has 0 radical (unpaired) electrons. The summed E-state index contributed by atoms with van der Waals surface area (Å²) in [5, 5.41) is 3.32. The third kappa shape index (κ3) is 2.02. The number of nitrogens with one attached hydrogen (secondary N) is 2. The summed E-state index contributed by atoms with van der Waals surface area (Å²) in [6.07, 6.45) is 3.14. The van der Waals surface area contributed by atoms with Gasteiger partial charge in [-0.15, -0.1) is 0 Å². The van der Waals surface area contributed by atoms with E-state index in [0.29, 0.717) is 6.42 Å². The molecule has 5 heteroatoms. The molecule has 1 aliphatic rings. The molecule has 0 fully saturated rings. The summed E-state index contributed by atoms with van der Waals surface area (Å²) in [6, 6.07) is 0.0647. The maximum absolute atomic E-state index is 11.6. The van der Waals surface area contributed by atoms with Crippen LogP contribution in [0.2, 0.25) is 0 Å². The van der Waals surface area contributed by atoms with Gasteiger partial charge in [-0.25, -0.2) is 4.98 Å². The standard InChI is InChI=1S/C10H16N4O/c1-14(2)9(15)5-8-10-7(3-4-11-8)12-6-13-10/h6,8,11H,3-5H2,1-2H3,(H,12,13). The molecular weight excluding hydrogens is 192 g/mol. The number of carbonyl (C=O) groups is 1. The zero-order chi connectivity index (χ0) is 10.8. The predicted octanol–water partition coefficient (Wildman–Crippen LogP) is 0.0748. The Hall–Kier alpha value is -1.36. The number of aromatic amines is 1. The number of imidazole rings is 1. The molecule has 2 rings (SSSR count). The van der Waals surface area contributed by atoms with E-state index in [4.69, 9.17) is 0 Å². The van der Waals surface area contributed by atoms with Gasteiger partial charge in [0.05, 0.1) is 18.1 Å². The van der Waals surface area contributed by atoms with E-state index in [1.165, 1.54) is 0 Å². The van der Waals surface area contributed by atoms with Crippen LogP contribution < -0.4 is 5.32 Å². The topological polar surface area (TPSA) is 61.0 Å². The molecule has 0 aliphatic carbocycles. The maximum atomic E-state index is 11.6. The highest BCUT2D eigenvalue weighted by Crippen LogP contribution is 2.22. The first-order valence-electron chi connectivity index (χ1n) is 5.14. The smallest absolute Gasteiger partial charge is 0.224 e. The average Bonchev–Trinajstić information content (AvgIpc) is 2.66. The summed E-state index contributed by atoms with van der Waals surface area (Å²) in [5.41, 5.74) is 2.15. The molecule has 1 amide bonds. The number of hydrogen-bond donors (Lipinski definition) is 2. The van der Waals surface area contributed by atoms with E-state index >= 15 is 0 Å². The zero-order valence-corrected chi connectivity index (χ0v) is 9.08. The summed E-state index contributed by atoms with van der Waals surface area (Å²) in [5.74, 6) is 0.128. The van der Waals surface area contributed by atoms with Crippen LogP contribution in [0.25, 0.3) is 0 Å². The van der Waals surface area contributed by atoms with Gasteiger partial charge in [-0.1, -0.05) is 0 Å². The lowest BCUT2D eigenvalue weighted by atomic mass is 10.0. The molecule has 0 spiro atoms. The molecule has 1 aliphatic heterocycles. The predicted molar refractivity (Wildman–Crippen MR) is 56.3 cm³/mol. The number of fused-ring (bicyclic) bond motifs is 1. The fourth-order valence-corrected chi connectivity index (χ4v) is 1.83. The molecule has 0 saturated heterocycles. The van der Waals surface area contributed by atoms with Crippen LogP contribution in [-0.2, 0) is 11.2 Å². The zero-order valence-electron chi connectivity index (χ0n) is 9.08.